The van der Waals surface area contributed by atoms with E-state index >= 15 is 0 Å². The van der Waals surface area contributed by atoms with Crippen molar-refractivity contribution in [2.45, 2.75) is 32.6 Å². The Kier molecular flexibility index (Phi) is 10.3. The molecule has 4 nitrogen and oxygen atoms in total. The average Bonchev–Trinajstić information content (AvgIpc) is 2.34. The molecule has 0 saturated heterocycles. The lowest BCUT2D eigenvalue weighted by Crippen LogP contribution is -2.40. The number of halogens is 1. The first kappa shape index (κ1) is 18.7. The highest BCUT2D eigenvalue weighted by Gasteiger charge is 2.36. The van der Waals surface area contributed by atoms with Gasteiger partial charge in [0.15, 0.2) is 5.96 Å². The van der Waals surface area contributed by atoms with Gasteiger partial charge in [-0.15, -0.1) is 30.6 Å². The van der Waals surface area contributed by atoms with Crippen LogP contribution in [0.2, 0.25) is 0 Å². The fourth-order valence-corrected chi connectivity index (χ4v) is 2.24. The highest BCUT2D eigenvalue weighted by Crippen LogP contribution is 2.44. The van der Waals surface area contributed by atoms with Crippen molar-refractivity contribution >= 4 is 29.9 Å². The molecule has 0 aromatic heterocycles. The first-order valence-electron chi connectivity index (χ1n) is 6.88. The zero-order chi connectivity index (χ0) is 13.3. The van der Waals surface area contributed by atoms with E-state index in [-0.39, 0.29) is 24.0 Å². The summed E-state index contributed by atoms with van der Waals surface area (Å²) in [4.78, 5) is 4.69. The maximum absolute atomic E-state index is 5.20. The standard InChI is InChI=1S/C14H27N3O.HI/c1-4-10-16-13(15-5-2)17-12-14(7-6-8-14)9-11-18-3;/h4H,1,5-12H2,2-3H3,(H2,15,16,17);1H. The van der Waals surface area contributed by atoms with Crippen molar-refractivity contribution in [3.63, 3.8) is 0 Å². The van der Waals surface area contributed by atoms with E-state index in [1.54, 1.807) is 7.11 Å². The van der Waals surface area contributed by atoms with E-state index in [4.69, 9.17) is 4.74 Å². The fraction of sp³-hybridized carbons (Fsp3) is 0.786. The Morgan fingerprint density at radius 3 is 2.63 bits per heavy atom. The van der Waals surface area contributed by atoms with Crippen LogP contribution in [-0.4, -0.2) is 39.3 Å². The van der Waals surface area contributed by atoms with Gasteiger partial charge in [0, 0.05) is 33.4 Å². The fourth-order valence-electron chi connectivity index (χ4n) is 2.24. The first-order valence-corrected chi connectivity index (χ1v) is 6.88. The molecule has 0 unspecified atom stereocenters. The van der Waals surface area contributed by atoms with Crippen LogP contribution in [0.3, 0.4) is 0 Å². The molecule has 1 fully saturated rings. The molecule has 0 radical (unpaired) electrons. The van der Waals surface area contributed by atoms with Crippen LogP contribution in [0.25, 0.3) is 0 Å². The van der Waals surface area contributed by atoms with E-state index in [0.717, 1.165) is 38.6 Å². The van der Waals surface area contributed by atoms with Gasteiger partial charge in [-0.05, 0) is 31.6 Å². The summed E-state index contributed by atoms with van der Waals surface area (Å²) in [7, 11) is 1.77. The van der Waals surface area contributed by atoms with Gasteiger partial charge >= 0.3 is 0 Å². The number of ether oxygens (including phenoxy) is 1. The third kappa shape index (κ3) is 6.61. The number of rotatable bonds is 8. The zero-order valence-corrected chi connectivity index (χ0v) is 14.5. The lowest BCUT2D eigenvalue weighted by molar-refractivity contribution is 0.0778. The highest BCUT2D eigenvalue weighted by molar-refractivity contribution is 14.0. The van der Waals surface area contributed by atoms with Gasteiger partial charge in [-0.1, -0.05) is 12.5 Å². The quantitative estimate of drug-likeness (QED) is 0.294. The average molecular weight is 381 g/mol. The molecule has 0 amide bonds. The number of hydrogen-bond donors (Lipinski definition) is 2. The monoisotopic (exact) mass is 381 g/mol. The predicted molar refractivity (Wildman–Crippen MR) is 92.4 cm³/mol. The Labute approximate surface area is 134 Å². The van der Waals surface area contributed by atoms with Crippen LogP contribution in [0.15, 0.2) is 17.6 Å². The Morgan fingerprint density at radius 2 is 2.16 bits per heavy atom. The van der Waals surface area contributed by atoms with E-state index in [1.165, 1.54) is 19.3 Å². The molecule has 2 N–H and O–H groups in total. The summed E-state index contributed by atoms with van der Waals surface area (Å²) in [5.74, 6) is 0.890. The van der Waals surface area contributed by atoms with E-state index < -0.39 is 0 Å². The van der Waals surface area contributed by atoms with Crippen LogP contribution < -0.4 is 10.6 Å². The lowest BCUT2D eigenvalue weighted by Gasteiger charge is -2.40. The van der Waals surface area contributed by atoms with Gasteiger partial charge in [0.1, 0.15) is 0 Å². The van der Waals surface area contributed by atoms with Crippen LogP contribution in [0.4, 0.5) is 0 Å². The molecule has 19 heavy (non-hydrogen) atoms. The van der Waals surface area contributed by atoms with Crippen LogP contribution in [0.1, 0.15) is 32.6 Å². The molecular weight excluding hydrogens is 353 g/mol. The van der Waals surface area contributed by atoms with Crippen LogP contribution >= 0.6 is 24.0 Å². The summed E-state index contributed by atoms with van der Waals surface area (Å²) in [5, 5.41) is 6.49. The summed E-state index contributed by atoms with van der Waals surface area (Å²) in [5.41, 5.74) is 0.381. The van der Waals surface area contributed by atoms with Crippen molar-refractivity contribution in [2.24, 2.45) is 10.4 Å². The third-order valence-electron chi connectivity index (χ3n) is 3.58. The second-order valence-corrected chi connectivity index (χ2v) is 4.96. The maximum atomic E-state index is 5.20. The van der Waals surface area contributed by atoms with Gasteiger partial charge in [-0.2, -0.15) is 0 Å². The van der Waals surface area contributed by atoms with Crippen LogP contribution in [0, 0.1) is 5.41 Å². The van der Waals surface area contributed by atoms with E-state index in [2.05, 4.69) is 29.1 Å². The molecule has 0 bridgehead atoms. The molecule has 0 spiro atoms. The number of methoxy groups -OCH3 is 1. The van der Waals surface area contributed by atoms with Crippen molar-refractivity contribution in [3.8, 4) is 0 Å². The molecule has 0 aromatic carbocycles. The normalized spacial score (nSPS) is 17.1. The molecule has 112 valence electrons. The van der Waals surface area contributed by atoms with Gasteiger partial charge in [-0.25, -0.2) is 0 Å². The number of nitrogens with one attached hydrogen (secondary N) is 2. The second-order valence-electron chi connectivity index (χ2n) is 4.96. The van der Waals surface area contributed by atoms with Crippen molar-refractivity contribution < 1.29 is 4.74 Å². The Hall–Kier alpha value is -0.300. The lowest BCUT2D eigenvalue weighted by atomic mass is 9.67. The molecule has 0 aromatic rings. The van der Waals surface area contributed by atoms with E-state index in [9.17, 15) is 0 Å². The van der Waals surface area contributed by atoms with Crippen molar-refractivity contribution in [3.05, 3.63) is 12.7 Å². The predicted octanol–water partition coefficient (Wildman–Crippen LogP) is 2.55. The van der Waals surface area contributed by atoms with Crippen molar-refractivity contribution in [1.29, 1.82) is 0 Å². The summed E-state index contributed by atoms with van der Waals surface area (Å²) in [6, 6.07) is 0. The van der Waals surface area contributed by atoms with Crippen molar-refractivity contribution in [2.75, 3.05) is 33.4 Å². The minimum atomic E-state index is 0. The number of guanidine groups is 1. The molecular formula is C14H28IN3O. The highest BCUT2D eigenvalue weighted by atomic mass is 127. The van der Waals surface area contributed by atoms with E-state index in [1.807, 2.05) is 6.08 Å². The first-order chi connectivity index (χ1) is 8.76. The van der Waals surface area contributed by atoms with E-state index in [0.29, 0.717) is 5.41 Å². The molecule has 1 rings (SSSR count). The largest absolute Gasteiger partial charge is 0.385 e. The van der Waals surface area contributed by atoms with Crippen LogP contribution in [0.5, 0.6) is 0 Å². The summed E-state index contributed by atoms with van der Waals surface area (Å²) in [6.07, 6.45) is 6.85. The second kappa shape index (κ2) is 10.5. The molecule has 0 atom stereocenters. The minimum absolute atomic E-state index is 0. The minimum Gasteiger partial charge on any atom is -0.385 e. The molecule has 0 aliphatic heterocycles. The van der Waals surface area contributed by atoms with Gasteiger partial charge in [0.2, 0.25) is 0 Å². The smallest absolute Gasteiger partial charge is 0.191 e. The molecule has 0 heterocycles. The Morgan fingerprint density at radius 1 is 1.42 bits per heavy atom. The third-order valence-corrected chi connectivity index (χ3v) is 3.58. The summed E-state index contributed by atoms with van der Waals surface area (Å²) >= 11 is 0. The van der Waals surface area contributed by atoms with Gasteiger partial charge in [0.05, 0.1) is 0 Å². The molecule has 1 aliphatic rings. The van der Waals surface area contributed by atoms with Gasteiger partial charge in [0.25, 0.3) is 0 Å². The molecule has 1 aliphatic carbocycles. The zero-order valence-electron chi connectivity index (χ0n) is 12.2. The summed E-state index contributed by atoms with van der Waals surface area (Å²) in [6.45, 7) is 9.15. The SMILES string of the molecule is C=CCNC(=NCC1(CCOC)CCC1)NCC.I. The number of aliphatic imine (C=N–C) groups is 1. The van der Waals surface area contributed by atoms with Crippen molar-refractivity contribution in [1.82, 2.24) is 10.6 Å². The Bertz CT molecular complexity index is 278. The summed E-state index contributed by atoms with van der Waals surface area (Å²) < 4.78 is 5.20. The molecule has 5 heteroatoms. The topological polar surface area (TPSA) is 45.7 Å². The number of nitrogens with zero attached hydrogens (tertiary/aromatic N) is 1. The Balaban J connectivity index is 0.00000324. The van der Waals surface area contributed by atoms with Crippen LogP contribution in [-0.2, 0) is 4.74 Å². The van der Waals surface area contributed by atoms with Gasteiger partial charge in [-0.3, -0.25) is 4.99 Å². The van der Waals surface area contributed by atoms with Gasteiger partial charge < -0.3 is 15.4 Å². The maximum Gasteiger partial charge on any atom is 0.191 e. The number of hydrogen-bond acceptors (Lipinski definition) is 2. The molecule has 1 saturated carbocycles.